The van der Waals surface area contributed by atoms with E-state index in [9.17, 15) is 25.0 Å². The van der Waals surface area contributed by atoms with E-state index in [0.717, 1.165) is 6.07 Å². The first-order valence-electron chi connectivity index (χ1n) is 8.25. The Labute approximate surface area is 169 Å². The third kappa shape index (κ3) is 3.74. The Morgan fingerprint density at radius 2 is 1.90 bits per heavy atom. The SMILES string of the molecule is Cn1c(=O)n(C)c2cc(/C=C(\C#N)C(=O)Nc3ccc(Cl)c([N+](=O)[O-])c3)ccc21. The monoisotopic (exact) mass is 411 g/mol. The quantitative estimate of drug-likeness (QED) is 0.306. The van der Waals surface area contributed by atoms with Crippen molar-refractivity contribution in [2.24, 2.45) is 14.1 Å². The zero-order valence-electron chi connectivity index (χ0n) is 15.3. The predicted octanol–water partition coefficient (Wildman–Crippen LogP) is 2.98. The Kier molecular flexibility index (Phi) is 5.21. The van der Waals surface area contributed by atoms with Gasteiger partial charge in [-0.05, 0) is 35.9 Å². The standard InChI is InChI=1S/C19H14ClN5O4/c1-23-15-6-3-11(8-17(15)24(2)19(23)27)7-12(10-21)18(26)22-13-4-5-14(20)16(9-13)25(28)29/h3-9H,1-2H3,(H,22,26)/b12-7+. The molecular weight excluding hydrogens is 398 g/mol. The smallest absolute Gasteiger partial charge is 0.321 e. The molecule has 29 heavy (non-hydrogen) atoms. The highest BCUT2D eigenvalue weighted by atomic mass is 35.5. The summed E-state index contributed by atoms with van der Waals surface area (Å²) in [5.41, 5.74) is 1.29. The number of anilines is 1. The summed E-state index contributed by atoms with van der Waals surface area (Å²) in [5, 5.41) is 22.7. The van der Waals surface area contributed by atoms with E-state index >= 15 is 0 Å². The van der Waals surface area contributed by atoms with Gasteiger partial charge in [0.1, 0.15) is 16.7 Å². The van der Waals surface area contributed by atoms with Gasteiger partial charge in [-0.15, -0.1) is 0 Å². The second kappa shape index (κ2) is 7.61. The van der Waals surface area contributed by atoms with E-state index in [0.29, 0.717) is 16.6 Å². The van der Waals surface area contributed by atoms with E-state index in [-0.39, 0.29) is 27.7 Å². The molecule has 0 saturated heterocycles. The zero-order chi connectivity index (χ0) is 21.3. The van der Waals surface area contributed by atoms with E-state index in [1.165, 1.54) is 27.3 Å². The maximum absolute atomic E-state index is 12.4. The molecule has 0 radical (unpaired) electrons. The van der Waals surface area contributed by atoms with Gasteiger partial charge in [0, 0.05) is 25.8 Å². The van der Waals surface area contributed by atoms with Crippen molar-refractivity contribution in [3.05, 3.63) is 73.2 Å². The molecule has 0 atom stereocenters. The van der Waals surface area contributed by atoms with Gasteiger partial charge >= 0.3 is 5.69 Å². The summed E-state index contributed by atoms with van der Waals surface area (Å²) < 4.78 is 2.96. The molecule has 0 aliphatic carbocycles. The number of carbonyl (C=O) groups is 1. The molecule has 0 bridgehead atoms. The third-order valence-corrected chi connectivity index (χ3v) is 4.69. The molecule has 0 unspecified atom stereocenters. The van der Waals surface area contributed by atoms with Gasteiger partial charge in [-0.1, -0.05) is 17.7 Å². The minimum atomic E-state index is -0.730. The van der Waals surface area contributed by atoms with Crippen LogP contribution in [0.1, 0.15) is 5.56 Å². The highest BCUT2D eigenvalue weighted by Gasteiger charge is 2.16. The van der Waals surface area contributed by atoms with E-state index in [1.807, 2.05) is 6.07 Å². The van der Waals surface area contributed by atoms with Crippen molar-refractivity contribution >= 4 is 46.0 Å². The average molecular weight is 412 g/mol. The van der Waals surface area contributed by atoms with Gasteiger partial charge in [-0.2, -0.15) is 5.26 Å². The molecule has 146 valence electrons. The first kappa shape index (κ1) is 19.9. The largest absolute Gasteiger partial charge is 0.328 e. The number of nitriles is 1. The normalized spacial score (nSPS) is 11.3. The molecule has 3 aromatic rings. The fourth-order valence-corrected chi connectivity index (χ4v) is 3.04. The van der Waals surface area contributed by atoms with Crippen LogP contribution in [0, 0.1) is 21.4 Å². The number of hydrogen-bond donors (Lipinski definition) is 1. The maximum atomic E-state index is 12.4. The van der Waals surface area contributed by atoms with Crippen LogP contribution in [0.4, 0.5) is 11.4 Å². The van der Waals surface area contributed by atoms with Crippen LogP contribution in [0.15, 0.2) is 46.8 Å². The molecule has 10 heteroatoms. The molecule has 1 heterocycles. The van der Waals surface area contributed by atoms with Crippen LogP contribution in [0.25, 0.3) is 17.1 Å². The summed E-state index contributed by atoms with van der Waals surface area (Å²) in [7, 11) is 3.28. The highest BCUT2D eigenvalue weighted by Crippen LogP contribution is 2.27. The molecule has 0 spiro atoms. The maximum Gasteiger partial charge on any atom is 0.328 e. The number of nitro benzene ring substituents is 1. The summed E-state index contributed by atoms with van der Waals surface area (Å²) in [6.45, 7) is 0. The van der Waals surface area contributed by atoms with Gasteiger partial charge in [0.2, 0.25) is 0 Å². The van der Waals surface area contributed by atoms with Crippen molar-refractivity contribution in [1.29, 1.82) is 5.26 Å². The number of halogens is 1. The van der Waals surface area contributed by atoms with Crippen LogP contribution in [0.3, 0.4) is 0 Å². The number of imidazole rings is 1. The number of nitro groups is 1. The molecule has 0 saturated carbocycles. The fraction of sp³-hybridized carbons (Fsp3) is 0.105. The number of carbonyl (C=O) groups excluding carboxylic acids is 1. The van der Waals surface area contributed by atoms with Crippen molar-refractivity contribution in [2.75, 3.05) is 5.32 Å². The Balaban J connectivity index is 1.93. The Morgan fingerprint density at radius 1 is 1.21 bits per heavy atom. The molecule has 3 rings (SSSR count). The van der Waals surface area contributed by atoms with Crippen LogP contribution in [-0.4, -0.2) is 20.0 Å². The van der Waals surface area contributed by atoms with Crippen molar-refractivity contribution in [1.82, 2.24) is 9.13 Å². The molecule has 9 nitrogen and oxygen atoms in total. The minimum absolute atomic E-state index is 0.0641. The van der Waals surface area contributed by atoms with Gasteiger partial charge < -0.3 is 5.32 Å². The number of amides is 1. The third-order valence-electron chi connectivity index (χ3n) is 4.37. The lowest BCUT2D eigenvalue weighted by Gasteiger charge is -2.05. The topological polar surface area (TPSA) is 123 Å². The molecule has 0 fully saturated rings. The van der Waals surface area contributed by atoms with Crippen LogP contribution in [0.5, 0.6) is 0 Å². The molecular formula is C19H14ClN5O4. The molecule has 0 aliphatic heterocycles. The van der Waals surface area contributed by atoms with E-state index in [2.05, 4.69) is 5.32 Å². The van der Waals surface area contributed by atoms with Crippen LogP contribution in [-0.2, 0) is 18.9 Å². The number of aryl methyl sites for hydroxylation is 2. The molecule has 1 aromatic heterocycles. The van der Waals surface area contributed by atoms with Gasteiger partial charge in [0.25, 0.3) is 11.6 Å². The Bertz CT molecular complexity index is 1300. The first-order chi connectivity index (χ1) is 13.7. The van der Waals surface area contributed by atoms with Crippen LogP contribution >= 0.6 is 11.6 Å². The first-order valence-corrected chi connectivity index (χ1v) is 8.63. The Morgan fingerprint density at radius 3 is 2.55 bits per heavy atom. The molecule has 1 N–H and O–H groups in total. The summed E-state index contributed by atoms with van der Waals surface area (Å²) >= 11 is 5.75. The van der Waals surface area contributed by atoms with E-state index in [1.54, 1.807) is 32.3 Å². The average Bonchev–Trinajstić information content (AvgIpc) is 2.91. The molecule has 1 amide bonds. The van der Waals surface area contributed by atoms with Crippen molar-refractivity contribution in [3.63, 3.8) is 0 Å². The number of benzene rings is 2. The van der Waals surface area contributed by atoms with Crippen molar-refractivity contribution in [3.8, 4) is 6.07 Å². The van der Waals surface area contributed by atoms with Gasteiger partial charge in [0.15, 0.2) is 0 Å². The lowest BCUT2D eigenvalue weighted by molar-refractivity contribution is -0.384. The van der Waals surface area contributed by atoms with Crippen molar-refractivity contribution in [2.45, 2.75) is 0 Å². The number of rotatable bonds is 4. The highest BCUT2D eigenvalue weighted by molar-refractivity contribution is 6.32. The Hall–Kier alpha value is -3.90. The van der Waals surface area contributed by atoms with Crippen LogP contribution < -0.4 is 11.0 Å². The fourth-order valence-electron chi connectivity index (χ4n) is 2.86. The van der Waals surface area contributed by atoms with Gasteiger partial charge in [0.05, 0.1) is 16.0 Å². The number of fused-ring (bicyclic) bond motifs is 1. The second-order valence-electron chi connectivity index (χ2n) is 6.20. The summed E-state index contributed by atoms with van der Waals surface area (Å²) in [6.07, 6.45) is 1.37. The number of hydrogen-bond acceptors (Lipinski definition) is 5. The minimum Gasteiger partial charge on any atom is -0.321 e. The lowest BCUT2D eigenvalue weighted by atomic mass is 10.1. The van der Waals surface area contributed by atoms with E-state index < -0.39 is 10.8 Å². The molecule has 2 aromatic carbocycles. The van der Waals surface area contributed by atoms with Gasteiger partial charge in [-0.25, -0.2) is 4.79 Å². The van der Waals surface area contributed by atoms with Crippen LogP contribution in [0.2, 0.25) is 5.02 Å². The number of aromatic nitrogens is 2. The summed E-state index contributed by atoms with van der Waals surface area (Å²) in [6, 6.07) is 10.7. The predicted molar refractivity (Wildman–Crippen MR) is 108 cm³/mol. The second-order valence-corrected chi connectivity index (χ2v) is 6.60. The van der Waals surface area contributed by atoms with E-state index in [4.69, 9.17) is 11.6 Å². The number of nitrogens with zero attached hydrogens (tertiary/aromatic N) is 4. The summed E-state index contributed by atoms with van der Waals surface area (Å²) in [5.74, 6) is -0.730. The lowest BCUT2D eigenvalue weighted by Crippen LogP contribution is -2.19. The zero-order valence-corrected chi connectivity index (χ0v) is 16.1. The van der Waals surface area contributed by atoms with Gasteiger partial charge in [-0.3, -0.25) is 24.0 Å². The van der Waals surface area contributed by atoms with Crippen molar-refractivity contribution < 1.29 is 9.72 Å². The summed E-state index contributed by atoms with van der Waals surface area (Å²) in [4.78, 5) is 34.8. The number of nitrogens with one attached hydrogen (secondary N) is 1. The molecule has 0 aliphatic rings.